The Hall–Kier alpha value is -2.67. The Morgan fingerprint density at radius 1 is 1.27 bits per heavy atom. The minimum absolute atomic E-state index is 0.0209. The molecule has 2 rings (SSSR count). The van der Waals surface area contributed by atoms with Gasteiger partial charge in [0.05, 0.1) is 6.20 Å². The molecule has 2 amide bonds. The van der Waals surface area contributed by atoms with Crippen molar-refractivity contribution in [1.82, 2.24) is 20.8 Å². The van der Waals surface area contributed by atoms with Gasteiger partial charge < -0.3 is 10.3 Å². The molecule has 26 heavy (non-hydrogen) atoms. The summed E-state index contributed by atoms with van der Waals surface area (Å²) in [5, 5.41) is 11.6. The molecule has 0 unspecified atom stereocenters. The van der Waals surface area contributed by atoms with Crippen molar-refractivity contribution in [3.8, 4) is 0 Å². The highest BCUT2D eigenvalue weighted by Gasteiger charge is 2.19. The van der Waals surface area contributed by atoms with Crippen LogP contribution in [0.3, 0.4) is 0 Å². The lowest BCUT2D eigenvalue weighted by molar-refractivity contribution is -0.129. The lowest BCUT2D eigenvalue weighted by Gasteiger charge is -2.17. The average Bonchev–Trinajstić information content (AvgIpc) is 3.10. The summed E-state index contributed by atoms with van der Waals surface area (Å²) >= 11 is 0. The Balaban J connectivity index is 2.04. The van der Waals surface area contributed by atoms with E-state index in [1.165, 1.54) is 6.20 Å². The van der Waals surface area contributed by atoms with Crippen molar-refractivity contribution in [2.75, 3.05) is 0 Å². The average molecular weight is 358 g/mol. The van der Waals surface area contributed by atoms with Gasteiger partial charge in [0.1, 0.15) is 11.5 Å². The molecule has 1 aromatic heterocycles. The van der Waals surface area contributed by atoms with Gasteiger partial charge in [-0.15, -0.1) is 0 Å². The van der Waals surface area contributed by atoms with Gasteiger partial charge in [0.2, 0.25) is 5.91 Å². The zero-order valence-electron chi connectivity index (χ0n) is 15.2. The van der Waals surface area contributed by atoms with Crippen molar-refractivity contribution in [1.29, 1.82) is 0 Å². The van der Waals surface area contributed by atoms with E-state index >= 15 is 0 Å². The predicted molar refractivity (Wildman–Crippen MR) is 97.9 cm³/mol. The van der Waals surface area contributed by atoms with Gasteiger partial charge in [-0.05, 0) is 25.3 Å². The number of carbonyl (C=O) groups is 2. The lowest BCUT2D eigenvalue weighted by atomic mass is 10.0. The number of carbonyl (C=O) groups excluding carboxylic acids is 2. The van der Waals surface area contributed by atoms with Gasteiger partial charge in [0.15, 0.2) is 0 Å². The molecule has 7 nitrogen and oxygen atoms in total. The monoisotopic (exact) mass is 358 g/mol. The quantitative estimate of drug-likeness (QED) is 0.407. The zero-order valence-corrected chi connectivity index (χ0v) is 15.2. The van der Waals surface area contributed by atoms with E-state index in [1.807, 2.05) is 31.2 Å². The third kappa shape index (κ3) is 6.00. The molecule has 1 atom stereocenters. The highest BCUT2D eigenvalue weighted by atomic mass is 16.5. The molecule has 0 bridgehead atoms. The van der Waals surface area contributed by atoms with Crippen LogP contribution in [-0.2, 0) is 17.6 Å². The van der Waals surface area contributed by atoms with Gasteiger partial charge >= 0.3 is 0 Å². The van der Waals surface area contributed by atoms with E-state index in [1.54, 1.807) is 5.48 Å². The molecule has 0 radical (unpaired) electrons. The fourth-order valence-electron chi connectivity index (χ4n) is 2.66. The van der Waals surface area contributed by atoms with E-state index in [0.29, 0.717) is 12.1 Å². The van der Waals surface area contributed by atoms with Gasteiger partial charge in [-0.25, -0.2) is 10.5 Å². The molecule has 2 aromatic rings. The van der Waals surface area contributed by atoms with Gasteiger partial charge in [-0.3, -0.25) is 14.8 Å². The number of amides is 2. The first-order chi connectivity index (χ1) is 12.5. The maximum Gasteiger partial charge on any atom is 0.269 e. The summed E-state index contributed by atoms with van der Waals surface area (Å²) in [5.41, 5.74) is 4.13. The molecule has 0 spiro atoms. The Bertz CT molecular complexity index is 725. The number of imidazole rings is 1. The summed E-state index contributed by atoms with van der Waals surface area (Å²) < 4.78 is 0. The van der Waals surface area contributed by atoms with Crippen LogP contribution in [0.1, 0.15) is 53.6 Å². The first kappa shape index (κ1) is 19.7. The molecule has 1 heterocycles. The number of nitrogens with zero attached hydrogens (tertiary/aromatic N) is 1. The van der Waals surface area contributed by atoms with Crippen molar-refractivity contribution in [2.24, 2.45) is 0 Å². The van der Waals surface area contributed by atoms with Crippen LogP contribution in [0.2, 0.25) is 0 Å². The summed E-state index contributed by atoms with van der Waals surface area (Å²) in [6, 6.07) is 7.44. The SMILES string of the molecule is CCCCc1ncc(C(=O)N[C@H](CC(=O)NO)Cc2ccc(C)cc2)[nH]1. The number of aromatic amines is 1. The maximum absolute atomic E-state index is 12.5. The second-order valence-electron chi connectivity index (χ2n) is 6.45. The highest BCUT2D eigenvalue weighted by Crippen LogP contribution is 2.10. The first-order valence-corrected chi connectivity index (χ1v) is 8.85. The second-order valence-corrected chi connectivity index (χ2v) is 6.45. The summed E-state index contributed by atoms with van der Waals surface area (Å²) in [6.07, 6.45) is 4.82. The number of rotatable bonds is 9. The molecule has 0 saturated heterocycles. The highest BCUT2D eigenvalue weighted by molar-refractivity contribution is 5.92. The predicted octanol–water partition coefficient (Wildman–Crippen LogP) is 2.30. The van der Waals surface area contributed by atoms with Crippen LogP contribution in [-0.4, -0.2) is 33.0 Å². The van der Waals surface area contributed by atoms with Crippen molar-refractivity contribution in [3.63, 3.8) is 0 Å². The third-order valence-electron chi connectivity index (χ3n) is 4.13. The summed E-state index contributed by atoms with van der Waals surface area (Å²) in [7, 11) is 0. The van der Waals surface area contributed by atoms with Crippen LogP contribution >= 0.6 is 0 Å². The van der Waals surface area contributed by atoms with E-state index in [4.69, 9.17) is 5.21 Å². The number of hydrogen-bond donors (Lipinski definition) is 4. The van der Waals surface area contributed by atoms with Crippen LogP contribution in [0.15, 0.2) is 30.5 Å². The molecule has 0 saturated carbocycles. The molecule has 0 aliphatic carbocycles. The number of hydroxylamine groups is 1. The lowest BCUT2D eigenvalue weighted by Crippen LogP contribution is -2.40. The van der Waals surface area contributed by atoms with Crippen molar-refractivity contribution in [2.45, 2.75) is 52.0 Å². The Morgan fingerprint density at radius 2 is 2.00 bits per heavy atom. The van der Waals surface area contributed by atoms with Crippen molar-refractivity contribution < 1.29 is 14.8 Å². The molecule has 140 valence electrons. The maximum atomic E-state index is 12.5. The van der Waals surface area contributed by atoms with Crippen LogP contribution in [0.25, 0.3) is 0 Å². The minimum atomic E-state index is -0.546. The van der Waals surface area contributed by atoms with Gasteiger partial charge in [0.25, 0.3) is 5.91 Å². The number of hydrogen-bond acceptors (Lipinski definition) is 4. The topological polar surface area (TPSA) is 107 Å². The van der Waals surface area contributed by atoms with E-state index in [9.17, 15) is 9.59 Å². The number of aromatic nitrogens is 2. The number of benzene rings is 1. The fourth-order valence-corrected chi connectivity index (χ4v) is 2.66. The Labute approximate surface area is 153 Å². The third-order valence-corrected chi connectivity index (χ3v) is 4.13. The molecular weight excluding hydrogens is 332 g/mol. The van der Waals surface area contributed by atoms with E-state index in [2.05, 4.69) is 22.2 Å². The number of aryl methyl sites for hydroxylation is 2. The van der Waals surface area contributed by atoms with Crippen LogP contribution in [0.4, 0.5) is 0 Å². The largest absolute Gasteiger partial charge is 0.347 e. The molecule has 0 aliphatic heterocycles. The second kappa shape index (κ2) is 9.72. The number of H-pyrrole nitrogens is 1. The normalized spacial score (nSPS) is 11.8. The van der Waals surface area contributed by atoms with Gasteiger partial charge in [0, 0.05) is 18.9 Å². The number of nitrogens with one attached hydrogen (secondary N) is 3. The molecular formula is C19H26N4O3. The van der Waals surface area contributed by atoms with Crippen molar-refractivity contribution >= 4 is 11.8 Å². The van der Waals surface area contributed by atoms with Gasteiger partial charge in [-0.2, -0.15) is 0 Å². The summed E-state index contributed by atoms with van der Waals surface area (Å²) in [6.45, 7) is 4.09. The molecule has 4 N–H and O–H groups in total. The minimum Gasteiger partial charge on any atom is -0.347 e. The molecule has 1 aromatic carbocycles. The van der Waals surface area contributed by atoms with Crippen LogP contribution < -0.4 is 10.8 Å². The Kier molecular flexibility index (Phi) is 7.35. The van der Waals surface area contributed by atoms with Crippen LogP contribution in [0.5, 0.6) is 0 Å². The summed E-state index contributed by atoms with van der Waals surface area (Å²) in [5.74, 6) is -0.0843. The Morgan fingerprint density at radius 3 is 2.65 bits per heavy atom. The van der Waals surface area contributed by atoms with Gasteiger partial charge in [-0.1, -0.05) is 43.2 Å². The van der Waals surface area contributed by atoms with E-state index < -0.39 is 11.9 Å². The molecule has 0 fully saturated rings. The van der Waals surface area contributed by atoms with E-state index in [-0.39, 0.29) is 12.3 Å². The zero-order chi connectivity index (χ0) is 18.9. The summed E-state index contributed by atoms with van der Waals surface area (Å²) in [4.78, 5) is 31.3. The first-order valence-electron chi connectivity index (χ1n) is 8.85. The van der Waals surface area contributed by atoms with Crippen molar-refractivity contribution in [3.05, 3.63) is 53.1 Å². The molecule has 0 aliphatic rings. The van der Waals surface area contributed by atoms with E-state index in [0.717, 1.165) is 36.2 Å². The number of unbranched alkanes of at least 4 members (excludes halogenated alkanes) is 1. The standard InChI is InChI=1S/C19H26N4O3/c1-3-4-5-17-20-12-16(22-17)19(25)21-15(11-18(24)23-26)10-14-8-6-13(2)7-9-14/h6-9,12,15,26H,3-5,10-11H2,1-2H3,(H,20,22)(H,21,25)(H,23,24)/t15-/m0/s1. The smallest absolute Gasteiger partial charge is 0.269 e. The fraction of sp³-hybridized carbons (Fsp3) is 0.421. The van der Waals surface area contributed by atoms with Crippen LogP contribution in [0, 0.1) is 6.92 Å². The molecule has 7 heteroatoms.